The summed E-state index contributed by atoms with van der Waals surface area (Å²) >= 11 is 11.9. The van der Waals surface area contributed by atoms with Crippen molar-refractivity contribution in [2.24, 2.45) is 0 Å². The van der Waals surface area contributed by atoms with Gasteiger partial charge in [0.05, 0.1) is 17.2 Å². The van der Waals surface area contributed by atoms with Gasteiger partial charge in [-0.2, -0.15) is 0 Å². The van der Waals surface area contributed by atoms with Crippen LogP contribution in [-0.4, -0.2) is 12.9 Å². The van der Waals surface area contributed by atoms with Gasteiger partial charge >= 0.3 is 0 Å². The maximum atomic E-state index is 11.0. The molecule has 0 aliphatic heterocycles. The highest BCUT2D eigenvalue weighted by Gasteiger charge is 2.10. The molecule has 0 aromatic heterocycles. The van der Waals surface area contributed by atoms with Crippen molar-refractivity contribution < 1.29 is 9.53 Å². The molecule has 0 spiro atoms. The Morgan fingerprint density at radius 3 is 2.52 bits per heavy atom. The first-order valence-corrected chi connectivity index (χ1v) is 7.57. The standard InChI is InChI=1S/C17H16Cl2O2/c18-15-10-14(12-20)17(16(19)11-15)21-9-5-4-8-13-6-2-1-3-7-13/h1-3,6-7,10-12H,4-5,8-9H2. The number of rotatable bonds is 7. The van der Waals surface area contributed by atoms with E-state index in [0.29, 0.717) is 34.3 Å². The molecule has 0 aliphatic rings. The number of hydrogen-bond donors (Lipinski definition) is 0. The van der Waals surface area contributed by atoms with Gasteiger partial charge in [0.15, 0.2) is 6.29 Å². The molecular weight excluding hydrogens is 307 g/mol. The Hall–Kier alpha value is -1.51. The van der Waals surface area contributed by atoms with Crippen LogP contribution in [0.1, 0.15) is 28.8 Å². The van der Waals surface area contributed by atoms with E-state index in [0.717, 1.165) is 19.3 Å². The van der Waals surface area contributed by atoms with Crippen LogP contribution in [0.5, 0.6) is 5.75 Å². The quantitative estimate of drug-likeness (QED) is 0.516. The lowest BCUT2D eigenvalue weighted by molar-refractivity contribution is 0.111. The van der Waals surface area contributed by atoms with Crippen LogP contribution in [0.4, 0.5) is 0 Å². The Labute approximate surface area is 134 Å². The Bertz CT molecular complexity index is 597. The van der Waals surface area contributed by atoms with Gasteiger partial charge in [-0.1, -0.05) is 53.5 Å². The second-order valence-corrected chi connectivity index (χ2v) is 5.56. The third-order valence-electron chi connectivity index (χ3n) is 3.11. The van der Waals surface area contributed by atoms with Crippen LogP contribution in [0.25, 0.3) is 0 Å². The van der Waals surface area contributed by atoms with Crippen molar-refractivity contribution >= 4 is 29.5 Å². The predicted octanol–water partition coefficient (Wildman–Crippen LogP) is 5.21. The molecule has 2 aromatic rings. The zero-order chi connectivity index (χ0) is 15.1. The van der Waals surface area contributed by atoms with Gasteiger partial charge in [-0.3, -0.25) is 4.79 Å². The van der Waals surface area contributed by atoms with Crippen molar-refractivity contribution in [3.63, 3.8) is 0 Å². The summed E-state index contributed by atoms with van der Waals surface area (Å²) in [5.41, 5.74) is 1.70. The third-order valence-corrected chi connectivity index (χ3v) is 3.61. The zero-order valence-corrected chi connectivity index (χ0v) is 13.0. The molecule has 0 bridgehead atoms. The highest BCUT2D eigenvalue weighted by molar-refractivity contribution is 6.36. The van der Waals surface area contributed by atoms with Crippen LogP contribution in [0, 0.1) is 0 Å². The van der Waals surface area contributed by atoms with E-state index in [4.69, 9.17) is 27.9 Å². The molecule has 0 fully saturated rings. The molecule has 2 rings (SSSR count). The number of unbranched alkanes of at least 4 members (excludes halogenated alkanes) is 1. The lowest BCUT2D eigenvalue weighted by Gasteiger charge is -2.10. The first-order valence-electron chi connectivity index (χ1n) is 6.81. The summed E-state index contributed by atoms with van der Waals surface area (Å²) in [5, 5.41) is 0.797. The lowest BCUT2D eigenvalue weighted by Crippen LogP contribution is -2.01. The molecule has 2 nitrogen and oxygen atoms in total. The largest absolute Gasteiger partial charge is 0.491 e. The summed E-state index contributed by atoms with van der Waals surface area (Å²) in [6, 6.07) is 13.4. The van der Waals surface area contributed by atoms with Crippen LogP contribution in [0.3, 0.4) is 0 Å². The van der Waals surface area contributed by atoms with Crippen LogP contribution in [0.2, 0.25) is 10.0 Å². The van der Waals surface area contributed by atoms with E-state index in [1.54, 1.807) is 12.1 Å². The maximum absolute atomic E-state index is 11.0. The van der Waals surface area contributed by atoms with Crippen molar-refractivity contribution in [1.29, 1.82) is 0 Å². The van der Waals surface area contributed by atoms with E-state index in [2.05, 4.69) is 12.1 Å². The predicted molar refractivity (Wildman–Crippen MR) is 86.7 cm³/mol. The Morgan fingerprint density at radius 1 is 1.05 bits per heavy atom. The molecule has 0 radical (unpaired) electrons. The highest BCUT2D eigenvalue weighted by Crippen LogP contribution is 2.31. The average molecular weight is 323 g/mol. The lowest BCUT2D eigenvalue weighted by atomic mass is 10.1. The van der Waals surface area contributed by atoms with Gasteiger partial charge in [-0.25, -0.2) is 0 Å². The number of aryl methyl sites for hydroxylation is 1. The highest BCUT2D eigenvalue weighted by atomic mass is 35.5. The zero-order valence-electron chi connectivity index (χ0n) is 11.5. The van der Waals surface area contributed by atoms with E-state index in [1.165, 1.54) is 5.56 Å². The third kappa shape index (κ3) is 4.76. The minimum absolute atomic E-state index is 0.368. The molecule has 21 heavy (non-hydrogen) atoms. The number of ether oxygens (including phenoxy) is 1. The Kier molecular flexibility index (Phi) is 6.09. The van der Waals surface area contributed by atoms with Gasteiger partial charge in [-0.15, -0.1) is 0 Å². The number of carbonyl (C=O) groups is 1. The van der Waals surface area contributed by atoms with E-state index in [9.17, 15) is 4.79 Å². The van der Waals surface area contributed by atoms with Gasteiger partial charge in [-0.05, 0) is 37.0 Å². The number of carbonyl (C=O) groups excluding carboxylic acids is 1. The van der Waals surface area contributed by atoms with E-state index < -0.39 is 0 Å². The molecule has 0 atom stereocenters. The Balaban J connectivity index is 1.82. The summed E-state index contributed by atoms with van der Waals surface area (Å²) in [6.45, 7) is 0.523. The number of hydrogen-bond acceptors (Lipinski definition) is 2. The van der Waals surface area contributed by atoms with Gasteiger partial charge in [0.25, 0.3) is 0 Å². The molecule has 110 valence electrons. The smallest absolute Gasteiger partial charge is 0.153 e. The first-order chi connectivity index (χ1) is 10.2. The molecule has 0 unspecified atom stereocenters. The van der Waals surface area contributed by atoms with E-state index in [1.807, 2.05) is 18.2 Å². The molecule has 0 N–H and O–H groups in total. The summed E-state index contributed by atoms with van der Waals surface area (Å²) < 4.78 is 5.63. The van der Waals surface area contributed by atoms with Crippen LogP contribution < -0.4 is 4.74 Å². The number of benzene rings is 2. The normalized spacial score (nSPS) is 10.4. The molecular formula is C17H16Cl2O2. The molecule has 0 saturated carbocycles. The molecule has 0 amide bonds. The second-order valence-electron chi connectivity index (χ2n) is 4.71. The van der Waals surface area contributed by atoms with Crippen molar-refractivity contribution in [3.8, 4) is 5.75 Å². The topological polar surface area (TPSA) is 26.3 Å². The van der Waals surface area contributed by atoms with E-state index in [-0.39, 0.29) is 0 Å². The molecule has 4 heteroatoms. The summed E-state index contributed by atoms with van der Waals surface area (Å²) in [7, 11) is 0. The SMILES string of the molecule is O=Cc1cc(Cl)cc(Cl)c1OCCCCc1ccccc1. The summed E-state index contributed by atoms with van der Waals surface area (Å²) in [5.74, 6) is 0.413. The van der Waals surface area contributed by atoms with Crippen LogP contribution in [0.15, 0.2) is 42.5 Å². The fourth-order valence-electron chi connectivity index (χ4n) is 2.07. The fraction of sp³-hybridized carbons (Fsp3) is 0.235. The minimum atomic E-state index is 0.368. The van der Waals surface area contributed by atoms with Crippen molar-refractivity contribution in [1.82, 2.24) is 0 Å². The molecule has 0 saturated heterocycles. The number of halogens is 2. The molecule has 0 aliphatic carbocycles. The van der Waals surface area contributed by atoms with Crippen molar-refractivity contribution in [2.75, 3.05) is 6.61 Å². The van der Waals surface area contributed by atoms with Gasteiger partial charge < -0.3 is 4.74 Å². The van der Waals surface area contributed by atoms with Crippen LogP contribution in [-0.2, 0) is 6.42 Å². The minimum Gasteiger partial charge on any atom is -0.491 e. The monoisotopic (exact) mass is 322 g/mol. The van der Waals surface area contributed by atoms with E-state index >= 15 is 0 Å². The summed E-state index contributed by atoms with van der Waals surface area (Å²) in [4.78, 5) is 11.0. The maximum Gasteiger partial charge on any atom is 0.153 e. The molecule has 2 aromatic carbocycles. The second kappa shape index (κ2) is 8.06. The number of aldehydes is 1. The summed E-state index contributed by atoms with van der Waals surface area (Å²) in [6.07, 6.45) is 3.63. The first kappa shape index (κ1) is 15.9. The Morgan fingerprint density at radius 2 is 1.81 bits per heavy atom. The van der Waals surface area contributed by atoms with Gasteiger partial charge in [0, 0.05) is 5.02 Å². The van der Waals surface area contributed by atoms with Gasteiger partial charge in [0.2, 0.25) is 0 Å². The average Bonchev–Trinajstić information content (AvgIpc) is 2.49. The van der Waals surface area contributed by atoms with Gasteiger partial charge in [0.1, 0.15) is 5.75 Å². The van der Waals surface area contributed by atoms with Crippen molar-refractivity contribution in [2.45, 2.75) is 19.3 Å². The fourth-order valence-corrected chi connectivity index (χ4v) is 2.63. The molecule has 0 heterocycles. The van der Waals surface area contributed by atoms with Crippen LogP contribution >= 0.6 is 23.2 Å². The van der Waals surface area contributed by atoms with Crippen molar-refractivity contribution in [3.05, 3.63) is 63.6 Å².